The molecule has 10 heteroatoms. The number of carbonyl (C=O) groups is 1. The maximum Gasteiger partial charge on any atom is 0.270 e. The molecule has 0 spiro atoms. The molecule has 1 saturated heterocycles. The van der Waals surface area contributed by atoms with Crippen molar-refractivity contribution in [3.63, 3.8) is 0 Å². The summed E-state index contributed by atoms with van der Waals surface area (Å²) in [5.41, 5.74) is 2.95. The van der Waals surface area contributed by atoms with Crippen LogP contribution in [0.4, 0.5) is 5.69 Å². The van der Waals surface area contributed by atoms with Crippen LogP contribution >= 0.6 is 35.1 Å². The van der Waals surface area contributed by atoms with E-state index < -0.39 is 4.92 Å². The molecule has 142 valence electrons. The molecule has 7 nitrogen and oxygen atoms in total. The molecule has 1 aliphatic heterocycles. The number of carbonyl (C=O) groups excluding carboxylic acids is 1. The summed E-state index contributed by atoms with van der Waals surface area (Å²) in [5.74, 6) is 2.83. The second-order valence-corrected chi connectivity index (χ2v) is 9.79. The van der Waals surface area contributed by atoms with Gasteiger partial charge in [0.15, 0.2) is 0 Å². The standard InChI is InChI=1S/C17H16ClN3O4S2/c1-17(26-6-7-27-17)9-16(22)20-19-10-12-3-5-15(25-12)13-4-2-11(21(23)24)8-14(13)18/h2-5,8,10H,6-7,9H2,1H3,(H,20,22)/b19-10-. The van der Waals surface area contributed by atoms with Crippen molar-refractivity contribution < 1.29 is 14.1 Å². The molecule has 0 saturated carbocycles. The molecule has 1 aromatic heterocycles. The number of furan rings is 1. The lowest BCUT2D eigenvalue weighted by Crippen LogP contribution is -2.26. The number of hydrogen-bond acceptors (Lipinski definition) is 7. The first kappa shape index (κ1) is 19.8. The number of hydrazone groups is 1. The topological polar surface area (TPSA) is 97.7 Å². The highest BCUT2D eigenvalue weighted by molar-refractivity contribution is 8.21. The summed E-state index contributed by atoms with van der Waals surface area (Å²) in [5, 5.41) is 14.9. The smallest absolute Gasteiger partial charge is 0.270 e. The monoisotopic (exact) mass is 425 g/mol. The van der Waals surface area contributed by atoms with E-state index in [2.05, 4.69) is 17.5 Å². The van der Waals surface area contributed by atoms with E-state index in [1.807, 2.05) is 0 Å². The van der Waals surface area contributed by atoms with E-state index in [9.17, 15) is 14.9 Å². The predicted molar refractivity (Wildman–Crippen MR) is 109 cm³/mol. The minimum Gasteiger partial charge on any atom is -0.455 e. The number of hydrogen-bond donors (Lipinski definition) is 1. The van der Waals surface area contributed by atoms with Gasteiger partial charge in [0.25, 0.3) is 5.69 Å². The van der Waals surface area contributed by atoms with Gasteiger partial charge >= 0.3 is 0 Å². The Hall–Kier alpha value is -1.97. The third-order valence-corrected chi connectivity index (χ3v) is 7.42. The fourth-order valence-corrected chi connectivity index (χ4v) is 5.64. The zero-order valence-electron chi connectivity index (χ0n) is 14.3. The zero-order chi connectivity index (χ0) is 19.4. The molecule has 0 unspecified atom stereocenters. The first-order valence-corrected chi connectivity index (χ1v) is 10.4. The molecule has 1 aliphatic rings. The van der Waals surface area contributed by atoms with Crippen LogP contribution < -0.4 is 5.43 Å². The molecule has 1 amide bonds. The molecule has 1 aromatic carbocycles. The number of nitrogens with one attached hydrogen (secondary N) is 1. The average Bonchev–Trinajstić information content (AvgIpc) is 3.24. The van der Waals surface area contributed by atoms with Gasteiger partial charge in [-0.15, -0.1) is 23.5 Å². The second kappa shape index (κ2) is 8.37. The highest BCUT2D eigenvalue weighted by Crippen LogP contribution is 2.45. The highest BCUT2D eigenvalue weighted by atomic mass is 35.5. The van der Waals surface area contributed by atoms with Crippen molar-refractivity contribution in [3.8, 4) is 11.3 Å². The van der Waals surface area contributed by atoms with E-state index in [0.717, 1.165) is 11.5 Å². The molecule has 1 N–H and O–H groups in total. The van der Waals surface area contributed by atoms with Crippen molar-refractivity contribution in [1.82, 2.24) is 5.43 Å². The zero-order valence-corrected chi connectivity index (χ0v) is 16.7. The Kier molecular flexibility index (Phi) is 6.13. The van der Waals surface area contributed by atoms with Gasteiger partial charge in [-0.2, -0.15) is 5.10 Å². The minimum atomic E-state index is -0.512. The highest BCUT2D eigenvalue weighted by Gasteiger charge is 2.32. The molecule has 0 aliphatic carbocycles. The molecule has 27 heavy (non-hydrogen) atoms. The molecule has 1 fully saturated rings. The Balaban J connectivity index is 1.61. The Labute approximate surface area is 169 Å². The van der Waals surface area contributed by atoms with Crippen LogP contribution in [0.2, 0.25) is 5.02 Å². The van der Waals surface area contributed by atoms with Crippen LogP contribution in [0.1, 0.15) is 19.1 Å². The van der Waals surface area contributed by atoms with E-state index in [0.29, 0.717) is 23.5 Å². The van der Waals surface area contributed by atoms with Crippen LogP contribution in [-0.4, -0.2) is 32.6 Å². The van der Waals surface area contributed by atoms with Crippen molar-refractivity contribution in [2.24, 2.45) is 5.10 Å². The SMILES string of the molecule is CC1(CC(=O)N/N=C\c2ccc(-c3ccc([N+](=O)[O-])cc3Cl)o2)SCCS1. The lowest BCUT2D eigenvalue weighted by atomic mass is 10.1. The molecule has 0 atom stereocenters. The van der Waals surface area contributed by atoms with Gasteiger partial charge < -0.3 is 4.42 Å². The lowest BCUT2D eigenvalue weighted by molar-refractivity contribution is -0.384. The Morgan fingerprint density at radius 3 is 2.81 bits per heavy atom. The third kappa shape index (κ3) is 5.06. The van der Waals surface area contributed by atoms with Crippen LogP contribution in [-0.2, 0) is 4.79 Å². The number of rotatable bonds is 6. The van der Waals surface area contributed by atoms with Crippen molar-refractivity contribution in [2.75, 3.05) is 11.5 Å². The van der Waals surface area contributed by atoms with Gasteiger partial charge in [-0.25, -0.2) is 5.43 Å². The van der Waals surface area contributed by atoms with E-state index in [1.165, 1.54) is 24.4 Å². The van der Waals surface area contributed by atoms with Gasteiger partial charge in [0, 0.05) is 29.2 Å². The molecule has 3 rings (SSSR count). The van der Waals surface area contributed by atoms with E-state index >= 15 is 0 Å². The minimum absolute atomic E-state index is 0.0907. The van der Waals surface area contributed by atoms with E-state index in [4.69, 9.17) is 16.0 Å². The Bertz CT molecular complexity index is 894. The number of nitro groups is 1. The van der Waals surface area contributed by atoms with Gasteiger partial charge in [-0.3, -0.25) is 14.9 Å². The lowest BCUT2D eigenvalue weighted by Gasteiger charge is -2.19. The third-order valence-electron chi connectivity index (χ3n) is 3.82. The maximum atomic E-state index is 12.0. The molecule has 2 aromatic rings. The van der Waals surface area contributed by atoms with Crippen molar-refractivity contribution in [3.05, 3.63) is 51.2 Å². The summed E-state index contributed by atoms with van der Waals surface area (Å²) < 4.78 is 5.53. The summed E-state index contributed by atoms with van der Waals surface area (Å²) in [6.45, 7) is 2.06. The van der Waals surface area contributed by atoms with Gasteiger partial charge in [-0.05, 0) is 25.1 Å². The number of halogens is 1. The molecule has 0 bridgehead atoms. The fraction of sp³-hybridized carbons (Fsp3) is 0.294. The quantitative estimate of drug-likeness (QED) is 0.414. The Morgan fingerprint density at radius 1 is 1.41 bits per heavy atom. The van der Waals surface area contributed by atoms with E-state index in [1.54, 1.807) is 35.7 Å². The van der Waals surface area contributed by atoms with Crippen LogP contribution in [0, 0.1) is 10.1 Å². The average molecular weight is 426 g/mol. The summed E-state index contributed by atoms with van der Waals surface area (Å²) in [6.07, 6.45) is 1.79. The first-order valence-electron chi connectivity index (χ1n) is 8.00. The molecular formula is C17H16ClN3O4S2. The second-order valence-electron chi connectivity index (χ2n) is 5.92. The molecule has 0 radical (unpaired) electrons. The van der Waals surface area contributed by atoms with Crippen LogP contribution in [0.5, 0.6) is 0 Å². The van der Waals surface area contributed by atoms with Crippen LogP contribution in [0.15, 0.2) is 39.9 Å². The van der Waals surface area contributed by atoms with Crippen LogP contribution in [0.3, 0.4) is 0 Å². The van der Waals surface area contributed by atoms with Crippen LogP contribution in [0.25, 0.3) is 11.3 Å². The fourth-order valence-electron chi connectivity index (χ4n) is 2.54. The molecular weight excluding hydrogens is 410 g/mol. The van der Waals surface area contributed by atoms with Gasteiger partial charge in [0.2, 0.25) is 5.91 Å². The number of non-ortho nitro benzene ring substituents is 1. The number of nitro benzene ring substituents is 1. The summed E-state index contributed by atoms with van der Waals surface area (Å²) >= 11 is 9.67. The summed E-state index contributed by atoms with van der Waals surface area (Å²) in [7, 11) is 0. The summed E-state index contributed by atoms with van der Waals surface area (Å²) in [4.78, 5) is 22.3. The number of benzene rings is 1. The number of amides is 1. The van der Waals surface area contributed by atoms with Crippen molar-refractivity contribution in [2.45, 2.75) is 17.4 Å². The van der Waals surface area contributed by atoms with Gasteiger partial charge in [0.1, 0.15) is 11.5 Å². The largest absolute Gasteiger partial charge is 0.455 e. The van der Waals surface area contributed by atoms with Crippen molar-refractivity contribution in [1.29, 1.82) is 0 Å². The first-order chi connectivity index (χ1) is 12.9. The van der Waals surface area contributed by atoms with Crippen molar-refractivity contribution >= 4 is 52.9 Å². The van der Waals surface area contributed by atoms with E-state index in [-0.39, 0.29) is 20.7 Å². The normalized spacial score (nSPS) is 15.9. The molecule has 2 heterocycles. The predicted octanol–water partition coefficient (Wildman–Crippen LogP) is 4.54. The summed E-state index contributed by atoms with van der Waals surface area (Å²) in [6, 6.07) is 7.51. The number of nitrogens with zero attached hydrogens (tertiary/aromatic N) is 2. The number of thioether (sulfide) groups is 2. The van der Waals surface area contributed by atoms with Gasteiger partial charge in [0.05, 0.1) is 26.7 Å². The van der Waals surface area contributed by atoms with Gasteiger partial charge in [-0.1, -0.05) is 11.6 Å². The Morgan fingerprint density at radius 2 is 2.15 bits per heavy atom. The maximum absolute atomic E-state index is 12.0.